The number of anilines is 1. The van der Waals surface area contributed by atoms with Crippen molar-refractivity contribution >= 4 is 28.4 Å². The molecule has 0 aliphatic carbocycles. The average molecular weight is 452 g/mol. The summed E-state index contributed by atoms with van der Waals surface area (Å²) in [4.78, 5) is 33.3. The fourth-order valence-electron chi connectivity index (χ4n) is 2.85. The molecular weight excluding hydrogens is 437 g/mol. The summed E-state index contributed by atoms with van der Waals surface area (Å²) in [5.41, 5.74) is -2.30. The number of nitrogens with one attached hydrogen (secondary N) is 1. The Morgan fingerprint density at radius 2 is 1.94 bits per heavy atom. The Morgan fingerprint density at radius 3 is 2.59 bits per heavy atom. The largest absolute Gasteiger partial charge is 0.488 e. The first-order chi connectivity index (χ1) is 15.1. The topological polar surface area (TPSA) is 121 Å². The number of nitro groups is 1. The molecule has 0 aliphatic heterocycles. The lowest BCUT2D eigenvalue weighted by Crippen LogP contribution is -2.13. The SMILES string of the molecule is CCOC(=O)Nc1ccc2c(COc3ccc([N+](=O)[O-])cc3C(F)(F)F)cc(=O)oc2c1. The van der Waals surface area contributed by atoms with Crippen LogP contribution in [0.4, 0.5) is 29.3 Å². The van der Waals surface area contributed by atoms with Gasteiger partial charge in [0.2, 0.25) is 0 Å². The van der Waals surface area contributed by atoms with Crippen LogP contribution in [-0.2, 0) is 17.5 Å². The van der Waals surface area contributed by atoms with Gasteiger partial charge in [0.05, 0.1) is 11.5 Å². The van der Waals surface area contributed by atoms with Crippen LogP contribution in [0.2, 0.25) is 0 Å². The second-order valence-corrected chi connectivity index (χ2v) is 6.37. The number of alkyl halides is 3. The summed E-state index contributed by atoms with van der Waals surface area (Å²) in [6, 6.07) is 7.48. The number of carbonyl (C=O) groups excluding carboxylic acids is 1. The molecule has 32 heavy (non-hydrogen) atoms. The van der Waals surface area contributed by atoms with Gasteiger partial charge in [0, 0.05) is 40.9 Å². The van der Waals surface area contributed by atoms with Crippen molar-refractivity contribution < 1.29 is 36.8 Å². The van der Waals surface area contributed by atoms with E-state index in [0.717, 1.165) is 18.2 Å². The van der Waals surface area contributed by atoms with E-state index in [1.165, 1.54) is 18.2 Å². The molecule has 1 amide bonds. The number of nitro benzene ring substituents is 1. The number of amides is 1. The number of rotatable bonds is 6. The van der Waals surface area contributed by atoms with E-state index < -0.39 is 46.4 Å². The van der Waals surface area contributed by atoms with Crippen molar-refractivity contribution in [2.75, 3.05) is 11.9 Å². The number of benzene rings is 2. The molecule has 9 nitrogen and oxygen atoms in total. The maximum absolute atomic E-state index is 13.3. The molecule has 0 fully saturated rings. The summed E-state index contributed by atoms with van der Waals surface area (Å²) in [7, 11) is 0. The van der Waals surface area contributed by atoms with Crippen LogP contribution in [0.1, 0.15) is 18.1 Å². The van der Waals surface area contributed by atoms with Gasteiger partial charge < -0.3 is 13.9 Å². The summed E-state index contributed by atoms with van der Waals surface area (Å²) in [5, 5.41) is 13.6. The fraction of sp³-hybridized carbons (Fsp3) is 0.200. The molecule has 3 aromatic rings. The molecule has 0 aliphatic rings. The normalized spacial score (nSPS) is 11.2. The summed E-state index contributed by atoms with van der Waals surface area (Å²) >= 11 is 0. The Balaban J connectivity index is 1.92. The van der Waals surface area contributed by atoms with Crippen molar-refractivity contribution in [1.82, 2.24) is 0 Å². The van der Waals surface area contributed by atoms with Crippen molar-refractivity contribution in [1.29, 1.82) is 0 Å². The Hall–Kier alpha value is -4.09. The summed E-state index contributed by atoms with van der Waals surface area (Å²) in [5.74, 6) is -0.634. The average Bonchev–Trinajstić information content (AvgIpc) is 2.70. The van der Waals surface area contributed by atoms with Crippen molar-refractivity contribution in [2.45, 2.75) is 19.7 Å². The molecule has 0 atom stereocenters. The number of ether oxygens (including phenoxy) is 2. The van der Waals surface area contributed by atoms with Crippen LogP contribution in [0.5, 0.6) is 5.75 Å². The first-order valence-corrected chi connectivity index (χ1v) is 9.07. The molecule has 168 valence electrons. The zero-order chi connectivity index (χ0) is 23.5. The molecule has 1 heterocycles. The third kappa shape index (κ3) is 5.14. The van der Waals surface area contributed by atoms with Gasteiger partial charge in [-0.05, 0) is 25.1 Å². The molecule has 0 spiro atoms. The minimum absolute atomic E-state index is 0.0603. The molecule has 3 rings (SSSR count). The second kappa shape index (κ2) is 8.96. The minimum Gasteiger partial charge on any atom is -0.488 e. The number of halogens is 3. The lowest BCUT2D eigenvalue weighted by molar-refractivity contribution is -0.385. The highest BCUT2D eigenvalue weighted by Crippen LogP contribution is 2.38. The lowest BCUT2D eigenvalue weighted by atomic mass is 10.1. The van der Waals surface area contributed by atoms with E-state index in [2.05, 4.69) is 5.32 Å². The smallest absolute Gasteiger partial charge is 0.420 e. The van der Waals surface area contributed by atoms with E-state index in [-0.39, 0.29) is 23.4 Å². The highest BCUT2D eigenvalue weighted by Gasteiger charge is 2.36. The van der Waals surface area contributed by atoms with Gasteiger partial charge in [-0.2, -0.15) is 13.2 Å². The predicted octanol–water partition coefficient (Wildman–Crippen LogP) is 4.87. The number of nitrogens with zero attached hydrogens (tertiary/aromatic N) is 1. The Kier molecular flexibility index (Phi) is 6.32. The predicted molar refractivity (Wildman–Crippen MR) is 106 cm³/mol. The number of hydrogen-bond acceptors (Lipinski definition) is 7. The van der Waals surface area contributed by atoms with Gasteiger partial charge in [-0.25, -0.2) is 9.59 Å². The van der Waals surface area contributed by atoms with Crippen LogP contribution in [-0.4, -0.2) is 17.6 Å². The quantitative estimate of drug-likeness (QED) is 0.322. The molecule has 12 heteroatoms. The van der Waals surface area contributed by atoms with E-state index in [9.17, 15) is 32.9 Å². The van der Waals surface area contributed by atoms with Crippen molar-refractivity contribution in [3.8, 4) is 5.75 Å². The number of fused-ring (bicyclic) bond motifs is 1. The molecule has 1 aromatic heterocycles. The van der Waals surface area contributed by atoms with Gasteiger partial charge >= 0.3 is 17.9 Å². The summed E-state index contributed by atoms with van der Waals surface area (Å²) < 4.78 is 55.1. The molecular formula is C20H15F3N2O7. The third-order valence-electron chi connectivity index (χ3n) is 4.21. The zero-order valence-electron chi connectivity index (χ0n) is 16.4. The monoisotopic (exact) mass is 452 g/mol. The zero-order valence-corrected chi connectivity index (χ0v) is 16.4. The van der Waals surface area contributed by atoms with E-state index in [1.807, 2.05) is 0 Å². The lowest BCUT2D eigenvalue weighted by Gasteiger charge is -2.14. The van der Waals surface area contributed by atoms with Gasteiger partial charge in [-0.3, -0.25) is 15.4 Å². The number of carbonyl (C=O) groups is 1. The molecule has 0 radical (unpaired) electrons. The summed E-state index contributed by atoms with van der Waals surface area (Å²) in [6.45, 7) is 1.33. The van der Waals surface area contributed by atoms with Gasteiger partial charge in [0.15, 0.2) is 0 Å². The van der Waals surface area contributed by atoms with Gasteiger partial charge in [-0.1, -0.05) is 0 Å². The standard InChI is InChI=1S/C20H15F3N2O7/c1-2-30-19(27)24-12-3-5-14-11(7-18(26)32-17(14)8-12)10-31-16-6-4-13(25(28)29)9-15(16)20(21,22)23/h3-9H,2,10H2,1H3,(H,24,27). The van der Waals surface area contributed by atoms with E-state index >= 15 is 0 Å². The van der Waals surface area contributed by atoms with Crippen LogP contribution in [0.25, 0.3) is 11.0 Å². The van der Waals surface area contributed by atoms with Crippen molar-refractivity contribution in [2.24, 2.45) is 0 Å². The highest BCUT2D eigenvalue weighted by atomic mass is 19.4. The van der Waals surface area contributed by atoms with Crippen LogP contribution in [0, 0.1) is 10.1 Å². The Morgan fingerprint density at radius 1 is 1.19 bits per heavy atom. The molecule has 0 saturated carbocycles. The van der Waals surface area contributed by atoms with Crippen LogP contribution in [0.15, 0.2) is 51.7 Å². The fourth-order valence-corrected chi connectivity index (χ4v) is 2.85. The first-order valence-electron chi connectivity index (χ1n) is 9.07. The molecule has 2 aromatic carbocycles. The second-order valence-electron chi connectivity index (χ2n) is 6.37. The highest BCUT2D eigenvalue weighted by molar-refractivity contribution is 5.89. The minimum atomic E-state index is -4.90. The van der Waals surface area contributed by atoms with Gasteiger partial charge in [-0.15, -0.1) is 0 Å². The van der Waals surface area contributed by atoms with Crippen LogP contribution < -0.4 is 15.7 Å². The van der Waals surface area contributed by atoms with E-state index in [1.54, 1.807) is 6.92 Å². The molecule has 0 bridgehead atoms. The Bertz CT molecular complexity index is 1240. The van der Waals surface area contributed by atoms with Gasteiger partial charge in [0.25, 0.3) is 5.69 Å². The molecule has 1 N–H and O–H groups in total. The maximum atomic E-state index is 13.3. The first kappa shape index (κ1) is 22.6. The Labute approximate surface area is 177 Å². The van der Waals surface area contributed by atoms with Crippen molar-refractivity contribution in [3.05, 3.63) is 74.1 Å². The van der Waals surface area contributed by atoms with Crippen LogP contribution >= 0.6 is 0 Å². The molecule has 0 saturated heterocycles. The maximum Gasteiger partial charge on any atom is 0.420 e. The summed E-state index contributed by atoms with van der Waals surface area (Å²) in [6.07, 6.45) is -5.61. The van der Waals surface area contributed by atoms with E-state index in [0.29, 0.717) is 11.5 Å². The number of non-ortho nitro benzene ring substituents is 1. The van der Waals surface area contributed by atoms with Crippen LogP contribution in [0.3, 0.4) is 0 Å². The third-order valence-corrected chi connectivity index (χ3v) is 4.21. The van der Waals surface area contributed by atoms with E-state index in [4.69, 9.17) is 13.9 Å². The van der Waals surface area contributed by atoms with Gasteiger partial charge in [0.1, 0.15) is 23.5 Å². The number of hydrogen-bond donors (Lipinski definition) is 1. The van der Waals surface area contributed by atoms with Crippen molar-refractivity contribution in [3.63, 3.8) is 0 Å². The molecule has 0 unspecified atom stereocenters.